The molecule has 0 aliphatic heterocycles. The van der Waals surface area contributed by atoms with Crippen LogP contribution in [0.3, 0.4) is 0 Å². The number of hydrogen-bond acceptors (Lipinski definition) is 3. The van der Waals surface area contributed by atoms with Crippen LogP contribution in [0, 0.1) is 11.3 Å². The van der Waals surface area contributed by atoms with Crippen LogP contribution in [0.5, 0.6) is 0 Å². The fourth-order valence-corrected chi connectivity index (χ4v) is 1.76. The Balaban J connectivity index is 2.04. The van der Waals surface area contributed by atoms with E-state index >= 15 is 0 Å². The van der Waals surface area contributed by atoms with Gasteiger partial charge in [0, 0.05) is 13.2 Å². The molecule has 17 heavy (non-hydrogen) atoms. The summed E-state index contributed by atoms with van der Waals surface area (Å²) in [5, 5.41) is 14.9. The second-order valence-electron chi connectivity index (χ2n) is 5.84. The second kappa shape index (κ2) is 6.97. The van der Waals surface area contributed by atoms with Gasteiger partial charge in [-0.2, -0.15) is 0 Å². The van der Waals surface area contributed by atoms with Gasteiger partial charge in [-0.1, -0.05) is 13.8 Å². The van der Waals surface area contributed by atoms with E-state index in [1.165, 1.54) is 12.8 Å². The number of rotatable bonds is 9. The summed E-state index contributed by atoms with van der Waals surface area (Å²) < 4.78 is 0. The van der Waals surface area contributed by atoms with Gasteiger partial charge >= 0.3 is 0 Å². The van der Waals surface area contributed by atoms with Crippen molar-refractivity contribution in [1.29, 1.82) is 0 Å². The summed E-state index contributed by atoms with van der Waals surface area (Å²) in [7, 11) is 0. The normalized spacial score (nSPS) is 15.9. The van der Waals surface area contributed by atoms with Crippen LogP contribution in [0.2, 0.25) is 0 Å². The van der Waals surface area contributed by atoms with Crippen LogP contribution in [-0.4, -0.2) is 37.3 Å². The highest BCUT2D eigenvalue weighted by atomic mass is 16.2. The van der Waals surface area contributed by atoms with E-state index in [4.69, 9.17) is 5.11 Å². The van der Waals surface area contributed by atoms with Crippen molar-refractivity contribution in [3.63, 3.8) is 0 Å². The lowest BCUT2D eigenvalue weighted by atomic mass is 9.88. The zero-order valence-corrected chi connectivity index (χ0v) is 11.1. The molecule has 0 radical (unpaired) electrons. The molecule has 1 rings (SSSR count). The summed E-state index contributed by atoms with van der Waals surface area (Å²) in [5.74, 6) is 0.881. The van der Waals surface area contributed by atoms with E-state index in [0.29, 0.717) is 13.1 Å². The van der Waals surface area contributed by atoms with Gasteiger partial charge in [-0.3, -0.25) is 4.79 Å². The number of carbonyl (C=O) groups excluding carboxylic acids is 1. The zero-order valence-electron chi connectivity index (χ0n) is 11.1. The molecule has 0 heterocycles. The molecule has 1 aliphatic carbocycles. The number of amides is 1. The Bertz CT molecular complexity index is 238. The molecule has 0 aromatic carbocycles. The molecule has 1 fully saturated rings. The minimum absolute atomic E-state index is 0.0644. The fraction of sp³-hybridized carbons (Fsp3) is 0.923. The minimum atomic E-state index is 0.0644. The Hall–Kier alpha value is -0.610. The lowest BCUT2D eigenvalue weighted by Gasteiger charge is -2.24. The number of carbonyl (C=O) groups is 1. The van der Waals surface area contributed by atoms with Gasteiger partial charge in [-0.05, 0) is 43.6 Å². The summed E-state index contributed by atoms with van der Waals surface area (Å²) in [6.45, 7) is 6.52. The maximum atomic E-state index is 11.5. The Morgan fingerprint density at radius 3 is 2.71 bits per heavy atom. The molecule has 1 amide bonds. The molecular weight excluding hydrogens is 216 g/mol. The van der Waals surface area contributed by atoms with Crippen LogP contribution in [-0.2, 0) is 4.79 Å². The van der Waals surface area contributed by atoms with Crippen molar-refractivity contribution >= 4 is 5.91 Å². The standard InChI is InChI=1S/C13H26N2O2/c1-13(2,6-3-7-16)10-15-12(17)9-14-8-11-4-5-11/h11,14,16H,3-10H2,1-2H3,(H,15,17). The van der Waals surface area contributed by atoms with Crippen molar-refractivity contribution in [1.82, 2.24) is 10.6 Å². The summed E-state index contributed by atoms with van der Waals surface area (Å²) in [6, 6.07) is 0. The molecule has 0 saturated heterocycles. The summed E-state index contributed by atoms with van der Waals surface area (Å²) in [6.07, 6.45) is 4.34. The van der Waals surface area contributed by atoms with Crippen LogP contribution in [0.25, 0.3) is 0 Å². The smallest absolute Gasteiger partial charge is 0.233 e. The van der Waals surface area contributed by atoms with Gasteiger partial charge in [0.15, 0.2) is 0 Å². The molecule has 1 aliphatic rings. The molecule has 0 atom stereocenters. The predicted octanol–water partition coefficient (Wildman–Crippen LogP) is 0.901. The molecule has 100 valence electrons. The minimum Gasteiger partial charge on any atom is -0.396 e. The SMILES string of the molecule is CC(C)(CCCO)CNC(=O)CNCC1CC1. The average Bonchev–Trinajstić information content (AvgIpc) is 3.08. The van der Waals surface area contributed by atoms with Crippen molar-refractivity contribution < 1.29 is 9.90 Å². The van der Waals surface area contributed by atoms with Gasteiger partial charge < -0.3 is 15.7 Å². The van der Waals surface area contributed by atoms with Gasteiger partial charge in [0.25, 0.3) is 0 Å². The molecule has 4 heteroatoms. The fourth-order valence-electron chi connectivity index (χ4n) is 1.76. The van der Waals surface area contributed by atoms with Crippen molar-refractivity contribution in [3.05, 3.63) is 0 Å². The highest BCUT2D eigenvalue weighted by Crippen LogP contribution is 2.27. The lowest BCUT2D eigenvalue weighted by molar-refractivity contribution is -0.120. The third-order valence-corrected chi connectivity index (χ3v) is 3.19. The highest BCUT2D eigenvalue weighted by molar-refractivity contribution is 5.78. The lowest BCUT2D eigenvalue weighted by Crippen LogP contribution is -2.39. The van der Waals surface area contributed by atoms with Crippen LogP contribution >= 0.6 is 0 Å². The molecule has 0 bridgehead atoms. The zero-order chi connectivity index (χ0) is 12.7. The first-order chi connectivity index (χ1) is 8.03. The topological polar surface area (TPSA) is 61.4 Å². The monoisotopic (exact) mass is 242 g/mol. The third kappa shape index (κ3) is 7.34. The molecule has 1 saturated carbocycles. The van der Waals surface area contributed by atoms with Crippen LogP contribution < -0.4 is 10.6 Å². The number of hydrogen-bond donors (Lipinski definition) is 3. The number of nitrogens with one attached hydrogen (secondary N) is 2. The van der Waals surface area contributed by atoms with E-state index in [0.717, 1.165) is 25.3 Å². The van der Waals surface area contributed by atoms with Crippen molar-refractivity contribution in [2.75, 3.05) is 26.2 Å². The van der Waals surface area contributed by atoms with Gasteiger partial charge in [0.2, 0.25) is 5.91 Å². The van der Waals surface area contributed by atoms with Gasteiger partial charge in [-0.25, -0.2) is 0 Å². The highest BCUT2D eigenvalue weighted by Gasteiger charge is 2.21. The molecule has 0 unspecified atom stereocenters. The van der Waals surface area contributed by atoms with Crippen LogP contribution in [0.15, 0.2) is 0 Å². The van der Waals surface area contributed by atoms with E-state index in [9.17, 15) is 4.79 Å². The maximum absolute atomic E-state index is 11.5. The van der Waals surface area contributed by atoms with Crippen LogP contribution in [0.1, 0.15) is 39.5 Å². The Kier molecular flexibility index (Phi) is 5.92. The maximum Gasteiger partial charge on any atom is 0.233 e. The van der Waals surface area contributed by atoms with Crippen molar-refractivity contribution in [3.8, 4) is 0 Å². The van der Waals surface area contributed by atoms with E-state index in [2.05, 4.69) is 24.5 Å². The van der Waals surface area contributed by atoms with Gasteiger partial charge in [-0.15, -0.1) is 0 Å². The van der Waals surface area contributed by atoms with Crippen LogP contribution in [0.4, 0.5) is 0 Å². The van der Waals surface area contributed by atoms with E-state index in [-0.39, 0.29) is 17.9 Å². The third-order valence-electron chi connectivity index (χ3n) is 3.19. The Morgan fingerprint density at radius 1 is 1.41 bits per heavy atom. The second-order valence-corrected chi connectivity index (χ2v) is 5.84. The van der Waals surface area contributed by atoms with E-state index in [1.807, 2.05) is 0 Å². The summed E-state index contributed by atoms with van der Waals surface area (Å²) in [5.41, 5.74) is 0.0644. The molecule has 3 N–H and O–H groups in total. The molecule has 0 aromatic heterocycles. The first kappa shape index (κ1) is 14.5. The summed E-state index contributed by atoms with van der Waals surface area (Å²) in [4.78, 5) is 11.5. The molecule has 0 spiro atoms. The quantitative estimate of drug-likeness (QED) is 0.563. The number of aliphatic hydroxyl groups is 1. The van der Waals surface area contributed by atoms with Gasteiger partial charge in [0.05, 0.1) is 6.54 Å². The van der Waals surface area contributed by atoms with Crippen molar-refractivity contribution in [2.24, 2.45) is 11.3 Å². The molecular formula is C13H26N2O2. The Morgan fingerprint density at radius 2 is 2.12 bits per heavy atom. The predicted molar refractivity (Wildman–Crippen MR) is 68.7 cm³/mol. The average molecular weight is 242 g/mol. The first-order valence-corrected chi connectivity index (χ1v) is 6.62. The first-order valence-electron chi connectivity index (χ1n) is 6.62. The van der Waals surface area contributed by atoms with E-state index in [1.54, 1.807) is 0 Å². The number of aliphatic hydroxyl groups excluding tert-OH is 1. The largest absolute Gasteiger partial charge is 0.396 e. The summed E-state index contributed by atoms with van der Waals surface area (Å²) >= 11 is 0. The molecule has 4 nitrogen and oxygen atoms in total. The van der Waals surface area contributed by atoms with Crippen molar-refractivity contribution in [2.45, 2.75) is 39.5 Å². The Labute approximate surface area is 104 Å². The van der Waals surface area contributed by atoms with E-state index < -0.39 is 0 Å². The van der Waals surface area contributed by atoms with Gasteiger partial charge in [0.1, 0.15) is 0 Å². The molecule has 0 aromatic rings.